The van der Waals surface area contributed by atoms with Gasteiger partial charge < -0.3 is 19.5 Å². The van der Waals surface area contributed by atoms with E-state index in [4.69, 9.17) is 14.2 Å². The molecule has 1 saturated heterocycles. The van der Waals surface area contributed by atoms with E-state index in [9.17, 15) is 0 Å². The number of hydrogen-bond acceptors (Lipinski definition) is 4. The summed E-state index contributed by atoms with van der Waals surface area (Å²) in [5.74, 6) is 1.06. The molecule has 2 heterocycles. The Labute approximate surface area is 126 Å². The molecular formula is C17H25NO3. The quantitative estimate of drug-likeness (QED) is 0.925. The first kappa shape index (κ1) is 14.8. The van der Waals surface area contributed by atoms with Gasteiger partial charge >= 0.3 is 0 Å². The van der Waals surface area contributed by atoms with Gasteiger partial charge in [-0.2, -0.15) is 0 Å². The maximum Gasteiger partial charge on any atom is 0.127 e. The van der Waals surface area contributed by atoms with Gasteiger partial charge in [-0.25, -0.2) is 0 Å². The van der Waals surface area contributed by atoms with Gasteiger partial charge in [-0.05, 0) is 25.5 Å². The van der Waals surface area contributed by atoms with E-state index in [1.807, 2.05) is 14.2 Å². The number of para-hydroxylation sites is 1. The van der Waals surface area contributed by atoms with E-state index in [1.165, 1.54) is 11.1 Å². The molecule has 4 heteroatoms. The smallest absolute Gasteiger partial charge is 0.127 e. The summed E-state index contributed by atoms with van der Waals surface area (Å²) in [4.78, 5) is 0. The molecule has 2 aliphatic heterocycles. The highest BCUT2D eigenvalue weighted by atomic mass is 16.5. The molecule has 0 amide bonds. The molecule has 0 spiro atoms. The Morgan fingerprint density at radius 3 is 2.76 bits per heavy atom. The number of aryl methyl sites for hydroxylation is 1. The van der Waals surface area contributed by atoms with Gasteiger partial charge in [0.2, 0.25) is 0 Å². The van der Waals surface area contributed by atoms with Crippen molar-refractivity contribution in [1.29, 1.82) is 0 Å². The molecular weight excluding hydrogens is 266 g/mol. The van der Waals surface area contributed by atoms with Gasteiger partial charge in [-0.1, -0.05) is 18.2 Å². The lowest BCUT2D eigenvalue weighted by molar-refractivity contribution is -0.110. The summed E-state index contributed by atoms with van der Waals surface area (Å²) in [7, 11) is 3.81. The zero-order valence-corrected chi connectivity index (χ0v) is 13.0. The number of methoxy groups -OCH3 is 1. The highest BCUT2D eigenvalue weighted by Gasteiger charge is 2.42. The van der Waals surface area contributed by atoms with Crippen LogP contribution in [-0.2, 0) is 15.9 Å². The summed E-state index contributed by atoms with van der Waals surface area (Å²) in [5.41, 5.74) is 2.32. The van der Waals surface area contributed by atoms with Crippen LogP contribution in [0.1, 0.15) is 36.4 Å². The van der Waals surface area contributed by atoms with Crippen molar-refractivity contribution in [2.45, 2.75) is 37.3 Å². The van der Waals surface area contributed by atoms with E-state index in [0.29, 0.717) is 0 Å². The Hall–Kier alpha value is -1.10. The number of benzene rings is 1. The maximum absolute atomic E-state index is 5.99. The third-order valence-electron chi connectivity index (χ3n) is 4.84. The largest absolute Gasteiger partial charge is 0.493 e. The van der Waals surface area contributed by atoms with E-state index in [-0.39, 0.29) is 11.6 Å². The second-order valence-electron chi connectivity index (χ2n) is 5.89. The molecule has 3 rings (SSSR count). The van der Waals surface area contributed by atoms with Crippen LogP contribution in [-0.4, -0.2) is 39.6 Å². The van der Waals surface area contributed by atoms with E-state index in [2.05, 4.69) is 23.5 Å². The molecule has 116 valence electrons. The van der Waals surface area contributed by atoms with Gasteiger partial charge in [0.05, 0.1) is 18.2 Å². The van der Waals surface area contributed by atoms with Gasteiger partial charge in [0.25, 0.3) is 0 Å². The molecule has 1 atom stereocenters. The van der Waals surface area contributed by atoms with Crippen molar-refractivity contribution in [3.8, 4) is 5.75 Å². The zero-order valence-electron chi connectivity index (χ0n) is 13.0. The Kier molecular flexibility index (Phi) is 4.48. The van der Waals surface area contributed by atoms with Crippen molar-refractivity contribution in [2.24, 2.45) is 0 Å². The molecule has 0 saturated carbocycles. The standard InChI is InChI=1S/C17H25NO3/c1-18-16(17(19-2)8-11-20-12-9-17)14-7-3-5-13-6-4-10-21-15(13)14/h3,5,7,16,18H,4,6,8-12H2,1-2H3. The number of rotatable bonds is 4. The van der Waals surface area contributed by atoms with Gasteiger partial charge in [-0.15, -0.1) is 0 Å². The number of hydrogen-bond donors (Lipinski definition) is 1. The maximum atomic E-state index is 5.99. The van der Waals surface area contributed by atoms with Crippen LogP contribution < -0.4 is 10.1 Å². The summed E-state index contributed by atoms with van der Waals surface area (Å²) in [6.45, 7) is 2.31. The van der Waals surface area contributed by atoms with Gasteiger partial charge in [0, 0.05) is 38.7 Å². The zero-order chi connectivity index (χ0) is 14.7. The topological polar surface area (TPSA) is 39.7 Å². The van der Waals surface area contributed by atoms with Crippen LogP contribution in [0, 0.1) is 0 Å². The highest BCUT2D eigenvalue weighted by molar-refractivity contribution is 5.45. The molecule has 0 aliphatic carbocycles. The monoisotopic (exact) mass is 291 g/mol. The first-order valence-corrected chi connectivity index (χ1v) is 7.85. The molecule has 1 fully saturated rings. The van der Waals surface area contributed by atoms with Crippen molar-refractivity contribution in [3.05, 3.63) is 29.3 Å². The van der Waals surface area contributed by atoms with Gasteiger partial charge in [0.15, 0.2) is 0 Å². The summed E-state index contributed by atoms with van der Waals surface area (Å²) in [6, 6.07) is 6.60. The van der Waals surface area contributed by atoms with Crippen LogP contribution in [0.3, 0.4) is 0 Å². The van der Waals surface area contributed by atoms with Crippen molar-refractivity contribution >= 4 is 0 Å². The first-order chi connectivity index (χ1) is 10.3. The second kappa shape index (κ2) is 6.34. The van der Waals surface area contributed by atoms with E-state index >= 15 is 0 Å². The van der Waals surface area contributed by atoms with E-state index in [0.717, 1.165) is 51.3 Å². The predicted octanol–water partition coefficient (Wildman–Crippen LogP) is 2.47. The molecule has 4 nitrogen and oxygen atoms in total. The number of ether oxygens (including phenoxy) is 3. The molecule has 1 unspecified atom stereocenters. The fourth-order valence-corrected chi connectivity index (χ4v) is 3.67. The van der Waals surface area contributed by atoms with Crippen LogP contribution in [0.4, 0.5) is 0 Å². The molecule has 2 aliphatic rings. The Morgan fingerprint density at radius 1 is 1.24 bits per heavy atom. The van der Waals surface area contributed by atoms with Crippen LogP contribution in [0.15, 0.2) is 18.2 Å². The molecule has 1 aromatic rings. The lowest BCUT2D eigenvalue weighted by Gasteiger charge is -2.43. The summed E-state index contributed by atoms with van der Waals surface area (Å²) in [5, 5.41) is 3.47. The Balaban J connectivity index is 1.99. The average Bonchev–Trinajstić information content (AvgIpc) is 2.56. The van der Waals surface area contributed by atoms with Crippen molar-refractivity contribution in [2.75, 3.05) is 34.0 Å². The average molecular weight is 291 g/mol. The number of fused-ring (bicyclic) bond motifs is 1. The lowest BCUT2D eigenvalue weighted by atomic mass is 9.81. The summed E-state index contributed by atoms with van der Waals surface area (Å²) < 4.78 is 17.5. The molecule has 21 heavy (non-hydrogen) atoms. The van der Waals surface area contributed by atoms with Crippen LogP contribution >= 0.6 is 0 Å². The minimum absolute atomic E-state index is 0.124. The van der Waals surface area contributed by atoms with Gasteiger partial charge in [-0.3, -0.25) is 0 Å². The predicted molar refractivity (Wildman–Crippen MR) is 81.9 cm³/mol. The second-order valence-corrected chi connectivity index (χ2v) is 5.89. The van der Waals surface area contributed by atoms with Crippen LogP contribution in [0.5, 0.6) is 5.75 Å². The molecule has 0 bridgehead atoms. The molecule has 0 radical (unpaired) electrons. The third-order valence-corrected chi connectivity index (χ3v) is 4.84. The third kappa shape index (κ3) is 2.68. The normalized spacial score (nSPS) is 22.2. The highest BCUT2D eigenvalue weighted by Crippen LogP contribution is 2.42. The Morgan fingerprint density at radius 2 is 2.05 bits per heavy atom. The molecule has 1 N–H and O–H groups in total. The fraction of sp³-hybridized carbons (Fsp3) is 0.647. The van der Waals surface area contributed by atoms with Crippen molar-refractivity contribution in [1.82, 2.24) is 5.32 Å². The molecule has 1 aromatic carbocycles. The van der Waals surface area contributed by atoms with Crippen molar-refractivity contribution in [3.63, 3.8) is 0 Å². The van der Waals surface area contributed by atoms with Gasteiger partial charge in [0.1, 0.15) is 5.75 Å². The van der Waals surface area contributed by atoms with Crippen molar-refractivity contribution < 1.29 is 14.2 Å². The minimum Gasteiger partial charge on any atom is -0.493 e. The number of nitrogens with one attached hydrogen (secondary N) is 1. The van der Waals surface area contributed by atoms with Crippen LogP contribution in [0.2, 0.25) is 0 Å². The fourth-order valence-electron chi connectivity index (χ4n) is 3.67. The minimum atomic E-state index is -0.219. The Bertz CT molecular complexity index is 483. The van der Waals surface area contributed by atoms with E-state index < -0.39 is 0 Å². The van der Waals surface area contributed by atoms with Crippen LogP contribution in [0.25, 0.3) is 0 Å². The lowest BCUT2D eigenvalue weighted by Crippen LogP contribution is -2.48. The molecule has 0 aromatic heterocycles. The summed E-state index contributed by atoms with van der Waals surface area (Å²) in [6.07, 6.45) is 4.00. The van der Waals surface area contributed by atoms with E-state index in [1.54, 1.807) is 0 Å². The summed E-state index contributed by atoms with van der Waals surface area (Å²) >= 11 is 0. The first-order valence-electron chi connectivity index (χ1n) is 7.85. The number of likely N-dealkylation sites (N-methyl/N-ethyl adjacent to an activating group) is 1. The SMILES string of the molecule is CNC(c1cccc2c1OCCC2)C1(OC)CCOCC1.